The first kappa shape index (κ1) is 22.2. The molecule has 0 spiro atoms. The molecule has 0 aliphatic carbocycles. The third-order valence-electron chi connectivity index (χ3n) is 4.36. The first-order valence-electron chi connectivity index (χ1n) is 9.58. The van der Waals surface area contributed by atoms with Gasteiger partial charge >= 0.3 is 11.7 Å². The van der Waals surface area contributed by atoms with Crippen LogP contribution >= 0.6 is 0 Å². The maximum absolute atomic E-state index is 12.2. The Bertz CT molecular complexity index is 1090. The summed E-state index contributed by atoms with van der Waals surface area (Å²) in [6, 6.07) is 3.83. The highest BCUT2D eigenvalue weighted by atomic mass is 16.5. The Labute approximate surface area is 167 Å². The van der Waals surface area contributed by atoms with Crippen LogP contribution in [0.2, 0.25) is 0 Å². The fraction of sp³-hybridized carbons (Fsp3) is 0.450. The molecule has 0 amide bonds. The summed E-state index contributed by atoms with van der Waals surface area (Å²) in [6.45, 7) is 8.87. The first-order chi connectivity index (χ1) is 13.9. The molecule has 9 nitrogen and oxygen atoms in total. The molecule has 0 saturated heterocycles. The van der Waals surface area contributed by atoms with Gasteiger partial charge in [0.25, 0.3) is 5.56 Å². The summed E-state index contributed by atoms with van der Waals surface area (Å²) in [7, 11) is 0. The highest BCUT2D eigenvalue weighted by Crippen LogP contribution is 2.23. The van der Waals surface area contributed by atoms with Gasteiger partial charge in [-0.15, -0.1) is 0 Å². The SMILES string of the molecule is CC.Cc1cc2nc3c(=O)[nH]c(=O)nc-3n(CCOCCCC(=O)O)c2cc1C. The average molecular weight is 402 g/mol. The zero-order valence-electron chi connectivity index (χ0n) is 17.1. The van der Waals surface area contributed by atoms with Crippen molar-refractivity contribution in [2.24, 2.45) is 0 Å². The zero-order chi connectivity index (χ0) is 21.6. The molecule has 2 N–H and O–H groups in total. The van der Waals surface area contributed by atoms with Crippen LogP contribution in [0.1, 0.15) is 37.8 Å². The van der Waals surface area contributed by atoms with Crippen LogP contribution in [0.25, 0.3) is 22.6 Å². The van der Waals surface area contributed by atoms with Crippen molar-refractivity contribution in [1.29, 1.82) is 0 Å². The van der Waals surface area contributed by atoms with Crippen molar-refractivity contribution >= 4 is 17.0 Å². The van der Waals surface area contributed by atoms with Crippen molar-refractivity contribution < 1.29 is 14.6 Å². The molecule has 0 bridgehead atoms. The summed E-state index contributed by atoms with van der Waals surface area (Å²) in [4.78, 5) is 44.9. The Morgan fingerprint density at radius 2 is 1.83 bits per heavy atom. The Morgan fingerprint density at radius 3 is 2.52 bits per heavy atom. The van der Waals surface area contributed by atoms with E-state index < -0.39 is 17.2 Å². The van der Waals surface area contributed by atoms with Crippen molar-refractivity contribution in [2.45, 2.75) is 47.1 Å². The second-order valence-corrected chi connectivity index (χ2v) is 6.34. The van der Waals surface area contributed by atoms with Gasteiger partial charge in [-0.25, -0.2) is 9.78 Å². The molecule has 2 heterocycles. The van der Waals surface area contributed by atoms with E-state index in [9.17, 15) is 14.4 Å². The van der Waals surface area contributed by atoms with Gasteiger partial charge in [0.2, 0.25) is 0 Å². The standard InChI is InChI=1S/C18H20N4O5.C2H6/c1-10-8-12-13(9-11(10)2)22(5-7-27-6-3-4-14(23)24)16-15(19-12)17(25)21-18(26)20-16;1-2/h8-9H,3-7H2,1-2H3,(H,23,24)(H,21,25,26);1-2H3. The van der Waals surface area contributed by atoms with Gasteiger partial charge in [-0.05, 0) is 43.5 Å². The summed E-state index contributed by atoms with van der Waals surface area (Å²) in [5, 5.41) is 8.65. The molecule has 1 aromatic carbocycles. The number of hydrogen-bond acceptors (Lipinski definition) is 6. The lowest BCUT2D eigenvalue weighted by atomic mass is 10.1. The number of carbonyl (C=O) groups is 1. The summed E-state index contributed by atoms with van der Waals surface area (Å²) < 4.78 is 7.25. The predicted molar refractivity (Wildman–Crippen MR) is 110 cm³/mol. The zero-order valence-corrected chi connectivity index (χ0v) is 17.1. The number of aromatic amines is 1. The lowest BCUT2D eigenvalue weighted by molar-refractivity contribution is -0.137. The van der Waals surface area contributed by atoms with Gasteiger partial charge in [0, 0.05) is 19.6 Å². The molecule has 0 atom stereocenters. The number of H-pyrrole nitrogens is 1. The molecule has 0 unspecified atom stereocenters. The Balaban J connectivity index is 0.00000145. The van der Waals surface area contributed by atoms with Gasteiger partial charge in [0.15, 0.2) is 11.5 Å². The molecular weight excluding hydrogens is 376 g/mol. The van der Waals surface area contributed by atoms with E-state index in [2.05, 4.69) is 15.0 Å². The number of carboxylic acids is 1. The van der Waals surface area contributed by atoms with Gasteiger partial charge in [-0.2, -0.15) is 4.98 Å². The summed E-state index contributed by atoms with van der Waals surface area (Å²) in [5.41, 5.74) is 2.24. The quantitative estimate of drug-likeness (QED) is 0.458. The van der Waals surface area contributed by atoms with Crippen LogP contribution < -0.4 is 11.2 Å². The number of fused-ring (bicyclic) bond motifs is 2. The lowest BCUT2D eigenvalue weighted by Gasteiger charge is -2.17. The molecule has 0 saturated carbocycles. The van der Waals surface area contributed by atoms with Gasteiger partial charge in [-0.3, -0.25) is 14.6 Å². The van der Waals surface area contributed by atoms with Gasteiger partial charge in [0.05, 0.1) is 17.6 Å². The van der Waals surface area contributed by atoms with E-state index in [0.717, 1.165) is 16.6 Å². The third-order valence-corrected chi connectivity index (χ3v) is 4.36. The van der Waals surface area contributed by atoms with Crippen LogP contribution in [-0.4, -0.2) is 43.8 Å². The Hall–Kier alpha value is -3.07. The van der Waals surface area contributed by atoms with Gasteiger partial charge in [0.1, 0.15) is 0 Å². The second kappa shape index (κ2) is 9.92. The lowest BCUT2D eigenvalue weighted by Crippen LogP contribution is -2.29. The molecule has 0 fully saturated rings. The topological polar surface area (TPSA) is 127 Å². The van der Waals surface area contributed by atoms with Crippen LogP contribution in [0.5, 0.6) is 0 Å². The molecule has 2 aliphatic heterocycles. The first-order valence-corrected chi connectivity index (χ1v) is 9.58. The average Bonchev–Trinajstić information content (AvgIpc) is 2.67. The minimum Gasteiger partial charge on any atom is -0.481 e. The highest BCUT2D eigenvalue weighted by molar-refractivity contribution is 5.81. The molecule has 2 aliphatic rings. The minimum absolute atomic E-state index is 0.0448. The fourth-order valence-electron chi connectivity index (χ4n) is 2.86. The van der Waals surface area contributed by atoms with E-state index in [1.165, 1.54) is 0 Å². The number of carboxylic acid groups (broad SMARTS) is 1. The van der Waals surface area contributed by atoms with Crippen molar-refractivity contribution in [3.8, 4) is 11.5 Å². The number of hydrogen-bond donors (Lipinski definition) is 2. The van der Waals surface area contributed by atoms with E-state index >= 15 is 0 Å². The Morgan fingerprint density at radius 1 is 1.14 bits per heavy atom. The molecule has 0 radical (unpaired) electrons. The van der Waals surface area contributed by atoms with E-state index in [1.54, 1.807) is 4.57 Å². The third kappa shape index (κ3) is 5.26. The van der Waals surface area contributed by atoms with E-state index in [1.807, 2.05) is 39.8 Å². The highest BCUT2D eigenvalue weighted by Gasteiger charge is 2.19. The molecule has 156 valence electrons. The molecule has 9 heteroatoms. The molecule has 3 rings (SSSR count). The monoisotopic (exact) mass is 402 g/mol. The van der Waals surface area contributed by atoms with Crippen LogP contribution in [-0.2, 0) is 16.1 Å². The van der Waals surface area contributed by atoms with Gasteiger partial charge < -0.3 is 14.4 Å². The summed E-state index contributed by atoms with van der Waals surface area (Å²) in [6.07, 6.45) is 0.460. The van der Waals surface area contributed by atoms with Crippen molar-refractivity contribution in [3.63, 3.8) is 0 Å². The Kier molecular flexibility index (Phi) is 7.60. The maximum Gasteiger partial charge on any atom is 0.349 e. The van der Waals surface area contributed by atoms with E-state index in [4.69, 9.17) is 9.84 Å². The van der Waals surface area contributed by atoms with E-state index in [0.29, 0.717) is 25.1 Å². The van der Waals surface area contributed by atoms with Crippen molar-refractivity contribution in [3.05, 3.63) is 44.1 Å². The van der Waals surface area contributed by atoms with Gasteiger partial charge in [-0.1, -0.05) is 13.8 Å². The number of nitrogens with zero attached hydrogens (tertiary/aromatic N) is 3. The number of ether oxygens (including phenoxy) is 1. The predicted octanol–water partition coefficient (Wildman–Crippen LogP) is 2.11. The number of aryl methyl sites for hydroxylation is 2. The van der Waals surface area contributed by atoms with Crippen LogP contribution in [0.3, 0.4) is 0 Å². The fourth-order valence-corrected chi connectivity index (χ4v) is 2.86. The van der Waals surface area contributed by atoms with Crippen LogP contribution in [0, 0.1) is 13.8 Å². The number of aromatic nitrogens is 4. The smallest absolute Gasteiger partial charge is 0.349 e. The van der Waals surface area contributed by atoms with Crippen LogP contribution in [0.15, 0.2) is 21.7 Å². The van der Waals surface area contributed by atoms with E-state index in [-0.39, 0.29) is 24.5 Å². The summed E-state index contributed by atoms with van der Waals surface area (Å²) >= 11 is 0. The normalized spacial score (nSPS) is 10.8. The number of aliphatic carboxylic acids is 1. The maximum atomic E-state index is 12.2. The number of rotatable bonds is 7. The molecule has 0 aromatic heterocycles. The molecular formula is C20H26N4O5. The number of nitrogens with one attached hydrogen (secondary N) is 1. The number of benzene rings is 1. The minimum atomic E-state index is -0.864. The molecule has 1 aromatic rings. The second-order valence-electron chi connectivity index (χ2n) is 6.34. The summed E-state index contributed by atoms with van der Waals surface area (Å²) in [5.74, 6) is -0.662. The largest absolute Gasteiger partial charge is 0.481 e. The van der Waals surface area contributed by atoms with Crippen LogP contribution in [0.4, 0.5) is 0 Å². The van der Waals surface area contributed by atoms with Crippen molar-refractivity contribution in [1.82, 2.24) is 19.5 Å². The molecule has 29 heavy (non-hydrogen) atoms. The van der Waals surface area contributed by atoms with Crippen molar-refractivity contribution in [2.75, 3.05) is 13.2 Å².